The number of rotatable bonds is 7. The molecule has 1 aromatic rings. The molecule has 1 aliphatic carbocycles. The molecule has 140 valence electrons. The lowest BCUT2D eigenvalue weighted by atomic mass is 9.81. The smallest absolute Gasteiger partial charge is 0.306 e. The fourth-order valence-electron chi connectivity index (χ4n) is 3.55. The van der Waals surface area contributed by atoms with Crippen LogP contribution in [-0.4, -0.2) is 17.7 Å². The number of hydrogen-bond acceptors (Lipinski definition) is 3. The molecule has 0 aromatic heterocycles. The Balaban J connectivity index is 2.11. The minimum absolute atomic E-state index is 0.0207. The van der Waals surface area contributed by atoms with Crippen LogP contribution in [0, 0.1) is 0 Å². The summed E-state index contributed by atoms with van der Waals surface area (Å²) in [5.41, 5.74) is 0.945. The second kappa shape index (κ2) is 9.26. The van der Waals surface area contributed by atoms with Crippen LogP contribution in [0.25, 0.3) is 0 Å². The van der Waals surface area contributed by atoms with Crippen molar-refractivity contribution < 1.29 is 14.3 Å². The van der Waals surface area contributed by atoms with Crippen molar-refractivity contribution in [2.75, 3.05) is 0 Å². The van der Waals surface area contributed by atoms with Gasteiger partial charge in [-0.3, -0.25) is 4.79 Å². The summed E-state index contributed by atoms with van der Waals surface area (Å²) >= 11 is 0. The molecule has 0 unspecified atom stereocenters. The van der Waals surface area contributed by atoms with Gasteiger partial charge in [0.1, 0.15) is 17.5 Å². The first-order chi connectivity index (χ1) is 11.9. The van der Waals surface area contributed by atoms with Crippen molar-refractivity contribution in [3.63, 3.8) is 0 Å². The zero-order valence-corrected chi connectivity index (χ0v) is 16.3. The third-order valence-electron chi connectivity index (χ3n) is 4.70. The highest BCUT2D eigenvalue weighted by atomic mass is 16.5. The van der Waals surface area contributed by atoms with Crippen LogP contribution in [-0.2, 0) is 9.53 Å². The number of hydrogen-bond donors (Lipinski definition) is 0. The van der Waals surface area contributed by atoms with Gasteiger partial charge in [-0.15, -0.1) is 0 Å². The second-order valence-corrected chi connectivity index (χ2v) is 8.13. The molecule has 0 amide bonds. The molecule has 0 aliphatic heterocycles. The van der Waals surface area contributed by atoms with Crippen LogP contribution in [0.2, 0.25) is 0 Å². The lowest BCUT2D eigenvalue weighted by Crippen LogP contribution is -2.30. The van der Waals surface area contributed by atoms with Crippen LogP contribution in [0.5, 0.6) is 5.75 Å². The fraction of sp³-hybridized carbons (Fsp3) is 0.682. The lowest BCUT2D eigenvalue weighted by Gasteiger charge is -2.33. The van der Waals surface area contributed by atoms with E-state index in [0.29, 0.717) is 6.42 Å². The monoisotopic (exact) mass is 346 g/mol. The van der Waals surface area contributed by atoms with Crippen LogP contribution in [0.1, 0.15) is 90.5 Å². The molecule has 1 saturated carbocycles. The Morgan fingerprint density at radius 3 is 2.56 bits per heavy atom. The summed E-state index contributed by atoms with van der Waals surface area (Å²) in [7, 11) is 0. The van der Waals surface area contributed by atoms with Gasteiger partial charge in [0.05, 0.1) is 0 Å². The molecule has 0 N–H and O–H groups in total. The van der Waals surface area contributed by atoms with E-state index in [9.17, 15) is 4.79 Å². The Hall–Kier alpha value is -1.51. The van der Waals surface area contributed by atoms with E-state index in [1.807, 2.05) is 12.1 Å². The van der Waals surface area contributed by atoms with E-state index >= 15 is 0 Å². The molecular weight excluding hydrogens is 312 g/mol. The highest BCUT2D eigenvalue weighted by Gasteiger charge is 2.32. The summed E-state index contributed by atoms with van der Waals surface area (Å²) in [6.07, 6.45) is 7.97. The Bertz CT molecular complexity index is 544. The van der Waals surface area contributed by atoms with E-state index in [-0.39, 0.29) is 23.6 Å². The minimum atomic E-state index is -0.239. The van der Waals surface area contributed by atoms with E-state index in [0.717, 1.165) is 44.3 Å². The van der Waals surface area contributed by atoms with E-state index in [2.05, 4.69) is 39.8 Å². The molecule has 1 aliphatic rings. The molecule has 2 rings (SSSR count). The first-order valence-corrected chi connectivity index (χ1v) is 9.88. The summed E-state index contributed by atoms with van der Waals surface area (Å²) in [6, 6.07) is 8.24. The maximum atomic E-state index is 12.2. The predicted molar refractivity (Wildman–Crippen MR) is 102 cm³/mol. The summed E-state index contributed by atoms with van der Waals surface area (Å²) < 4.78 is 12.1. The average Bonchev–Trinajstić information content (AvgIpc) is 2.55. The molecule has 1 fully saturated rings. The van der Waals surface area contributed by atoms with Crippen molar-refractivity contribution in [3.05, 3.63) is 29.8 Å². The Kier molecular flexibility index (Phi) is 7.34. The number of unbranched alkanes of at least 4 members (excludes halogenated alkanes) is 2. The van der Waals surface area contributed by atoms with Gasteiger partial charge >= 0.3 is 5.97 Å². The summed E-state index contributed by atoms with van der Waals surface area (Å²) in [5, 5.41) is 0. The first kappa shape index (κ1) is 19.8. The van der Waals surface area contributed by atoms with Crippen LogP contribution >= 0.6 is 0 Å². The molecule has 0 radical (unpaired) electrons. The van der Waals surface area contributed by atoms with Crippen LogP contribution in [0.15, 0.2) is 24.3 Å². The second-order valence-electron chi connectivity index (χ2n) is 8.13. The van der Waals surface area contributed by atoms with Crippen LogP contribution in [0.3, 0.4) is 0 Å². The maximum Gasteiger partial charge on any atom is 0.306 e. The molecule has 0 saturated heterocycles. The van der Waals surface area contributed by atoms with Crippen LogP contribution < -0.4 is 4.74 Å². The van der Waals surface area contributed by atoms with Gasteiger partial charge in [-0.1, -0.05) is 44.4 Å². The van der Waals surface area contributed by atoms with Gasteiger partial charge in [0.15, 0.2) is 0 Å². The zero-order chi connectivity index (χ0) is 18.3. The topological polar surface area (TPSA) is 35.5 Å². The molecule has 25 heavy (non-hydrogen) atoms. The van der Waals surface area contributed by atoms with Crippen LogP contribution in [0.4, 0.5) is 0 Å². The van der Waals surface area contributed by atoms with Gasteiger partial charge in [-0.05, 0) is 52.5 Å². The molecular formula is C22H34O3. The molecule has 0 bridgehead atoms. The van der Waals surface area contributed by atoms with Gasteiger partial charge in [0.2, 0.25) is 0 Å². The van der Waals surface area contributed by atoms with Gasteiger partial charge in [0.25, 0.3) is 0 Å². The van der Waals surface area contributed by atoms with Crippen molar-refractivity contribution in [2.45, 2.75) is 96.7 Å². The van der Waals surface area contributed by atoms with Gasteiger partial charge in [-0.25, -0.2) is 0 Å². The quantitative estimate of drug-likeness (QED) is 0.448. The summed E-state index contributed by atoms with van der Waals surface area (Å²) in [6.45, 7) is 8.34. The molecule has 3 heteroatoms. The average molecular weight is 347 g/mol. The lowest BCUT2D eigenvalue weighted by molar-refractivity contribution is -0.151. The maximum absolute atomic E-state index is 12.2. The normalized spacial score (nSPS) is 21.0. The number of para-hydroxylation sites is 1. The van der Waals surface area contributed by atoms with Crippen molar-refractivity contribution in [3.8, 4) is 5.75 Å². The zero-order valence-electron chi connectivity index (χ0n) is 16.3. The van der Waals surface area contributed by atoms with Crippen molar-refractivity contribution in [2.24, 2.45) is 0 Å². The Morgan fingerprint density at radius 1 is 1.12 bits per heavy atom. The number of ether oxygens (including phenoxy) is 2. The molecule has 0 spiro atoms. The van der Waals surface area contributed by atoms with Crippen molar-refractivity contribution in [1.29, 1.82) is 0 Å². The Morgan fingerprint density at radius 2 is 1.84 bits per heavy atom. The number of benzene rings is 1. The van der Waals surface area contributed by atoms with Gasteiger partial charge in [0, 0.05) is 17.9 Å². The van der Waals surface area contributed by atoms with E-state index in [1.165, 1.54) is 12.0 Å². The summed E-state index contributed by atoms with van der Waals surface area (Å²) in [5.74, 6) is 1.12. The Labute approximate surface area is 153 Å². The van der Waals surface area contributed by atoms with Gasteiger partial charge in [-0.2, -0.15) is 0 Å². The van der Waals surface area contributed by atoms with E-state index in [4.69, 9.17) is 9.47 Å². The minimum Gasteiger partial charge on any atom is -0.488 e. The third kappa shape index (κ3) is 6.37. The standard InChI is InChI=1S/C22H34O3/c1-5-6-7-16-21(23)24-19-14-10-8-12-17(19)18-13-9-11-15-20(18)25-22(2,3)4/h9,11,13,15,17,19H,5-8,10,12,14,16H2,1-4H3/t17-,19+/m1/s1. The number of carbonyl (C=O) groups is 1. The number of carbonyl (C=O) groups excluding carboxylic acids is 1. The predicted octanol–water partition coefficient (Wildman–Crippen LogP) is 6.01. The SMILES string of the molecule is CCCCCC(=O)O[C@H]1CCCC[C@@H]1c1ccccc1OC(C)(C)C. The van der Waals surface area contributed by atoms with Gasteiger partial charge < -0.3 is 9.47 Å². The largest absolute Gasteiger partial charge is 0.488 e. The number of esters is 1. The third-order valence-corrected chi connectivity index (χ3v) is 4.70. The first-order valence-electron chi connectivity index (χ1n) is 9.88. The van der Waals surface area contributed by atoms with Crippen molar-refractivity contribution >= 4 is 5.97 Å². The molecule has 0 heterocycles. The fourth-order valence-corrected chi connectivity index (χ4v) is 3.55. The molecule has 2 atom stereocenters. The van der Waals surface area contributed by atoms with Crippen molar-refractivity contribution in [1.82, 2.24) is 0 Å². The van der Waals surface area contributed by atoms with E-state index in [1.54, 1.807) is 0 Å². The molecule has 3 nitrogen and oxygen atoms in total. The summed E-state index contributed by atoms with van der Waals surface area (Å²) in [4.78, 5) is 12.2. The van der Waals surface area contributed by atoms with E-state index < -0.39 is 0 Å². The molecule has 1 aromatic carbocycles. The highest BCUT2D eigenvalue weighted by molar-refractivity contribution is 5.69. The highest BCUT2D eigenvalue weighted by Crippen LogP contribution is 2.40.